The molecule has 3 aromatic rings. The Morgan fingerprint density at radius 1 is 0.966 bits per heavy atom. The van der Waals surface area contributed by atoms with Crippen LogP contribution in [-0.4, -0.2) is 32.5 Å². The summed E-state index contributed by atoms with van der Waals surface area (Å²) in [4.78, 5) is 25.2. The molecule has 0 heterocycles. The molecule has 150 valence electrons. The van der Waals surface area contributed by atoms with Gasteiger partial charge in [0.15, 0.2) is 6.54 Å². The highest BCUT2D eigenvalue weighted by molar-refractivity contribution is 5.93. The third kappa shape index (κ3) is 5.42. The fourth-order valence-corrected chi connectivity index (χ4v) is 3.46. The first-order chi connectivity index (χ1) is 14.0. The van der Waals surface area contributed by atoms with Gasteiger partial charge in [-0.1, -0.05) is 48.5 Å². The lowest BCUT2D eigenvalue weighted by molar-refractivity contribution is -0.885. The highest BCUT2D eigenvalue weighted by Gasteiger charge is 2.15. The van der Waals surface area contributed by atoms with Crippen molar-refractivity contribution in [2.24, 2.45) is 0 Å². The summed E-state index contributed by atoms with van der Waals surface area (Å²) in [6.45, 7) is 3.11. The van der Waals surface area contributed by atoms with Crippen LogP contribution in [0.2, 0.25) is 0 Å². The molecule has 1 unspecified atom stereocenters. The smallest absolute Gasteiger partial charge is 0.275 e. The summed E-state index contributed by atoms with van der Waals surface area (Å²) < 4.78 is 0. The van der Waals surface area contributed by atoms with Gasteiger partial charge < -0.3 is 15.5 Å². The van der Waals surface area contributed by atoms with Crippen LogP contribution in [0, 0.1) is 0 Å². The number of carbonyl (C=O) groups is 2. The van der Waals surface area contributed by atoms with Gasteiger partial charge in [0.25, 0.3) is 11.8 Å². The molecule has 0 aliphatic carbocycles. The fourth-order valence-electron chi connectivity index (χ4n) is 3.46. The molecule has 0 aromatic heterocycles. The normalized spacial score (nSPS) is 12.9. The molecular weight excluding hydrogens is 362 g/mol. The number of carbonyl (C=O) groups excluding carboxylic acids is 2. The van der Waals surface area contributed by atoms with Crippen LogP contribution in [0.25, 0.3) is 10.8 Å². The number of hydrogen-bond acceptors (Lipinski definition) is 2. The summed E-state index contributed by atoms with van der Waals surface area (Å²) in [5.41, 5.74) is 2.82. The highest BCUT2D eigenvalue weighted by Crippen LogP contribution is 2.20. The third-order valence-corrected chi connectivity index (χ3v) is 5.06. The van der Waals surface area contributed by atoms with Gasteiger partial charge >= 0.3 is 0 Å². The molecule has 29 heavy (non-hydrogen) atoms. The van der Waals surface area contributed by atoms with Crippen molar-refractivity contribution in [1.82, 2.24) is 10.6 Å². The molecule has 3 N–H and O–H groups in total. The molecule has 3 aromatic carbocycles. The van der Waals surface area contributed by atoms with Crippen LogP contribution in [0.5, 0.6) is 0 Å². The van der Waals surface area contributed by atoms with E-state index in [4.69, 9.17) is 0 Å². The van der Waals surface area contributed by atoms with Crippen molar-refractivity contribution in [1.29, 1.82) is 0 Å². The molecule has 0 bridgehead atoms. The first-order valence-electron chi connectivity index (χ1n) is 9.86. The zero-order chi connectivity index (χ0) is 20.8. The van der Waals surface area contributed by atoms with E-state index in [1.54, 1.807) is 7.05 Å². The number of nitrogens with one attached hydrogen (secondary N) is 3. The van der Waals surface area contributed by atoms with Crippen molar-refractivity contribution in [2.45, 2.75) is 19.5 Å². The standard InChI is InChI=1S/C24H27N3O2/c1-17(21-13-12-19-6-4-5-7-22(19)14-21)26-23(28)16-27(3)15-18-8-10-20(11-9-18)24(29)25-2/h4-14,17H,15-16H2,1-3H3,(H,25,29)(H,26,28)/p+1/t17-/m1/s1. The van der Waals surface area contributed by atoms with E-state index in [1.165, 1.54) is 10.8 Å². The van der Waals surface area contributed by atoms with E-state index in [-0.39, 0.29) is 17.9 Å². The van der Waals surface area contributed by atoms with Crippen LogP contribution in [0.3, 0.4) is 0 Å². The van der Waals surface area contributed by atoms with E-state index in [0.717, 1.165) is 16.0 Å². The van der Waals surface area contributed by atoms with Gasteiger partial charge in [-0.15, -0.1) is 0 Å². The zero-order valence-electron chi connectivity index (χ0n) is 17.2. The Morgan fingerprint density at radius 2 is 1.66 bits per heavy atom. The summed E-state index contributed by atoms with van der Waals surface area (Å²) in [5, 5.41) is 8.08. The molecule has 0 fully saturated rings. The van der Waals surface area contributed by atoms with Crippen molar-refractivity contribution in [3.63, 3.8) is 0 Å². The summed E-state index contributed by atoms with van der Waals surface area (Å²) in [6.07, 6.45) is 0. The monoisotopic (exact) mass is 390 g/mol. The number of fused-ring (bicyclic) bond motifs is 1. The van der Waals surface area contributed by atoms with E-state index in [9.17, 15) is 9.59 Å². The SMILES string of the molecule is CNC(=O)c1ccc(C[NH+](C)CC(=O)N[C@H](C)c2ccc3ccccc3c2)cc1. The van der Waals surface area contributed by atoms with Gasteiger partial charge in [0, 0.05) is 18.2 Å². The topological polar surface area (TPSA) is 62.6 Å². The van der Waals surface area contributed by atoms with E-state index in [0.29, 0.717) is 18.7 Å². The summed E-state index contributed by atoms with van der Waals surface area (Å²) in [5.74, 6) is -0.0792. The molecule has 2 atom stereocenters. The Labute approximate surface area is 171 Å². The molecule has 0 saturated heterocycles. The van der Waals surface area contributed by atoms with Gasteiger partial charge in [0.05, 0.1) is 13.1 Å². The minimum atomic E-state index is -0.0979. The lowest BCUT2D eigenvalue weighted by atomic mass is 10.0. The number of amides is 2. The Hall–Kier alpha value is -3.18. The maximum absolute atomic E-state index is 12.5. The second-order valence-corrected chi connectivity index (χ2v) is 7.48. The Balaban J connectivity index is 1.54. The lowest BCUT2D eigenvalue weighted by Gasteiger charge is -2.18. The van der Waals surface area contributed by atoms with Gasteiger partial charge in [-0.3, -0.25) is 9.59 Å². The predicted octanol–water partition coefficient (Wildman–Crippen LogP) is 2.09. The van der Waals surface area contributed by atoms with E-state index >= 15 is 0 Å². The first-order valence-corrected chi connectivity index (χ1v) is 9.86. The number of hydrogen-bond donors (Lipinski definition) is 3. The van der Waals surface area contributed by atoms with Crippen LogP contribution >= 0.6 is 0 Å². The second kappa shape index (κ2) is 9.34. The van der Waals surface area contributed by atoms with E-state index < -0.39 is 0 Å². The third-order valence-electron chi connectivity index (χ3n) is 5.06. The van der Waals surface area contributed by atoms with E-state index in [2.05, 4.69) is 41.0 Å². The van der Waals surface area contributed by atoms with E-state index in [1.807, 2.05) is 50.4 Å². The number of rotatable bonds is 7. The number of quaternary nitrogens is 1. The molecule has 0 aliphatic rings. The number of benzene rings is 3. The lowest BCUT2D eigenvalue weighted by Crippen LogP contribution is -3.08. The minimum Gasteiger partial charge on any atom is -0.355 e. The van der Waals surface area contributed by atoms with Crippen LogP contribution in [0.4, 0.5) is 0 Å². The Kier molecular flexibility index (Phi) is 6.62. The predicted molar refractivity (Wildman–Crippen MR) is 116 cm³/mol. The summed E-state index contributed by atoms with van der Waals surface area (Å²) >= 11 is 0. The molecule has 0 saturated carbocycles. The molecule has 3 rings (SSSR count). The molecular formula is C24H28N3O2+. The zero-order valence-corrected chi connectivity index (χ0v) is 17.2. The van der Waals surface area contributed by atoms with Crippen LogP contribution in [0.1, 0.15) is 34.5 Å². The second-order valence-electron chi connectivity index (χ2n) is 7.48. The molecule has 0 spiro atoms. The van der Waals surface area contributed by atoms with Gasteiger partial charge in [-0.25, -0.2) is 0 Å². The summed E-state index contributed by atoms with van der Waals surface area (Å²) in [6, 6.07) is 21.9. The Morgan fingerprint density at radius 3 is 2.34 bits per heavy atom. The average molecular weight is 391 g/mol. The van der Waals surface area contributed by atoms with Crippen LogP contribution in [-0.2, 0) is 11.3 Å². The molecule has 5 heteroatoms. The maximum Gasteiger partial charge on any atom is 0.275 e. The molecule has 0 radical (unpaired) electrons. The Bertz CT molecular complexity index is 998. The van der Waals surface area contributed by atoms with Crippen molar-refractivity contribution in [3.05, 3.63) is 83.4 Å². The van der Waals surface area contributed by atoms with Gasteiger partial charge in [-0.05, 0) is 41.5 Å². The first kappa shape index (κ1) is 20.6. The van der Waals surface area contributed by atoms with Gasteiger partial charge in [0.1, 0.15) is 6.54 Å². The fraction of sp³-hybridized carbons (Fsp3) is 0.250. The quantitative estimate of drug-likeness (QED) is 0.579. The average Bonchev–Trinajstić information content (AvgIpc) is 2.73. The highest BCUT2D eigenvalue weighted by atomic mass is 16.2. The minimum absolute atomic E-state index is 0.0186. The number of likely N-dealkylation sites (N-methyl/N-ethyl adjacent to an activating group) is 1. The largest absolute Gasteiger partial charge is 0.355 e. The maximum atomic E-state index is 12.5. The van der Waals surface area contributed by atoms with Gasteiger partial charge in [-0.2, -0.15) is 0 Å². The van der Waals surface area contributed by atoms with Crippen molar-refractivity contribution in [3.8, 4) is 0 Å². The molecule has 0 aliphatic heterocycles. The van der Waals surface area contributed by atoms with Crippen LogP contribution in [0.15, 0.2) is 66.7 Å². The van der Waals surface area contributed by atoms with Crippen molar-refractivity contribution >= 4 is 22.6 Å². The van der Waals surface area contributed by atoms with Gasteiger partial charge in [0.2, 0.25) is 0 Å². The van der Waals surface area contributed by atoms with Crippen molar-refractivity contribution in [2.75, 3.05) is 20.6 Å². The molecule has 5 nitrogen and oxygen atoms in total. The summed E-state index contributed by atoms with van der Waals surface area (Å²) in [7, 11) is 3.61. The van der Waals surface area contributed by atoms with Crippen LogP contribution < -0.4 is 15.5 Å². The van der Waals surface area contributed by atoms with Crippen molar-refractivity contribution < 1.29 is 14.5 Å². The molecule has 2 amide bonds.